The Bertz CT molecular complexity index is 574. The summed E-state index contributed by atoms with van der Waals surface area (Å²) in [5.74, 6) is 0. The highest BCUT2D eigenvalue weighted by molar-refractivity contribution is 7.89. The van der Waals surface area contributed by atoms with Gasteiger partial charge in [-0.25, -0.2) is 13.1 Å². The zero-order valence-electron chi connectivity index (χ0n) is 11.9. The minimum atomic E-state index is -3.50. The van der Waals surface area contributed by atoms with Gasteiger partial charge in [-0.2, -0.15) is 0 Å². The molecule has 1 fully saturated rings. The fourth-order valence-electron chi connectivity index (χ4n) is 2.51. The topological polar surface area (TPSA) is 87.5 Å². The van der Waals surface area contributed by atoms with E-state index in [9.17, 15) is 8.42 Å². The number of nitrogens with one attached hydrogen (secondary N) is 2. The molecule has 1 atom stereocenters. The smallest absolute Gasteiger partial charge is 0.242 e. The van der Waals surface area contributed by atoms with Gasteiger partial charge < -0.3 is 16.0 Å². The average molecular weight is 298 g/mol. The molecular weight excluding hydrogens is 276 g/mol. The first-order valence-electron chi connectivity index (χ1n) is 6.70. The molecule has 1 aromatic rings. The van der Waals surface area contributed by atoms with Crippen molar-refractivity contribution in [1.29, 1.82) is 0 Å². The third-order valence-electron chi connectivity index (χ3n) is 3.56. The molecule has 6 nitrogen and oxygen atoms in total. The Morgan fingerprint density at radius 3 is 2.75 bits per heavy atom. The number of anilines is 2. The second kappa shape index (κ2) is 5.99. The summed E-state index contributed by atoms with van der Waals surface area (Å²) in [5, 5.41) is 3.41. The van der Waals surface area contributed by atoms with E-state index in [2.05, 4.69) is 22.0 Å². The number of benzene rings is 1. The van der Waals surface area contributed by atoms with E-state index in [1.807, 2.05) is 0 Å². The molecule has 112 valence electrons. The lowest BCUT2D eigenvalue weighted by atomic mass is 10.1. The molecule has 0 bridgehead atoms. The molecule has 2 rings (SSSR count). The van der Waals surface area contributed by atoms with E-state index in [1.165, 1.54) is 13.1 Å². The third kappa shape index (κ3) is 3.41. The normalized spacial score (nSPS) is 20.8. The molecule has 1 heterocycles. The number of hydrogen-bond donors (Lipinski definition) is 3. The van der Waals surface area contributed by atoms with Crippen LogP contribution in [0.3, 0.4) is 0 Å². The fourth-order valence-corrected chi connectivity index (χ4v) is 3.35. The number of nitrogen functional groups attached to an aromatic ring is 1. The lowest BCUT2D eigenvalue weighted by Crippen LogP contribution is -2.39. The van der Waals surface area contributed by atoms with Crippen molar-refractivity contribution in [1.82, 2.24) is 9.62 Å². The highest BCUT2D eigenvalue weighted by Gasteiger charge is 2.19. The predicted octanol–water partition coefficient (Wildman–Crippen LogP) is 0.683. The Morgan fingerprint density at radius 1 is 1.40 bits per heavy atom. The van der Waals surface area contributed by atoms with Crippen molar-refractivity contribution in [2.24, 2.45) is 0 Å². The molecular formula is C13H22N4O2S. The average Bonchev–Trinajstić information content (AvgIpc) is 2.38. The zero-order chi connectivity index (χ0) is 14.8. The van der Waals surface area contributed by atoms with Crippen LogP contribution in [0.1, 0.15) is 12.8 Å². The lowest BCUT2D eigenvalue weighted by molar-refractivity contribution is 0.261. The maximum atomic E-state index is 11.7. The third-order valence-corrected chi connectivity index (χ3v) is 5.05. The number of nitrogens with zero attached hydrogens (tertiary/aromatic N) is 1. The van der Waals surface area contributed by atoms with Crippen LogP contribution in [0.4, 0.5) is 11.4 Å². The van der Waals surface area contributed by atoms with Crippen molar-refractivity contribution >= 4 is 21.4 Å². The quantitative estimate of drug-likeness (QED) is 0.712. The number of likely N-dealkylation sites (tertiary alicyclic amines) is 1. The first-order valence-corrected chi connectivity index (χ1v) is 8.19. The van der Waals surface area contributed by atoms with Gasteiger partial charge in [0.2, 0.25) is 10.0 Å². The number of nitrogens with two attached hydrogens (primary N) is 1. The second-order valence-corrected chi connectivity index (χ2v) is 7.06. The molecule has 0 amide bonds. The van der Waals surface area contributed by atoms with Gasteiger partial charge in [-0.3, -0.25) is 0 Å². The van der Waals surface area contributed by atoms with Crippen molar-refractivity contribution in [3.05, 3.63) is 18.2 Å². The van der Waals surface area contributed by atoms with Crippen molar-refractivity contribution in [3.8, 4) is 0 Å². The number of piperidine rings is 1. The van der Waals surface area contributed by atoms with E-state index in [1.54, 1.807) is 12.1 Å². The Labute approximate surface area is 120 Å². The molecule has 4 N–H and O–H groups in total. The van der Waals surface area contributed by atoms with Crippen LogP contribution in [0.15, 0.2) is 23.1 Å². The first-order chi connectivity index (χ1) is 9.42. The number of sulfonamides is 1. The summed E-state index contributed by atoms with van der Waals surface area (Å²) in [5.41, 5.74) is 6.96. The predicted molar refractivity (Wildman–Crippen MR) is 81.2 cm³/mol. The maximum absolute atomic E-state index is 11.7. The van der Waals surface area contributed by atoms with Gasteiger partial charge in [0, 0.05) is 18.3 Å². The maximum Gasteiger partial charge on any atom is 0.242 e. The Kier molecular flexibility index (Phi) is 4.52. The molecule has 0 aromatic heterocycles. The lowest BCUT2D eigenvalue weighted by Gasteiger charge is -2.31. The van der Waals surface area contributed by atoms with Crippen molar-refractivity contribution in [3.63, 3.8) is 0 Å². The van der Waals surface area contributed by atoms with E-state index in [0.717, 1.165) is 31.6 Å². The molecule has 1 saturated heterocycles. The van der Waals surface area contributed by atoms with Gasteiger partial charge in [0.1, 0.15) is 4.90 Å². The van der Waals surface area contributed by atoms with E-state index in [0.29, 0.717) is 6.04 Å². The van der Waals surface area contributed by atoms with Crippen molar-refractivity contribution in [2.45, 2.75) is 23.8 Å². The molecule has 1 aliphatic rings. The minimum absolute atomic E-state index is 0.117. The van der Waals surface area contributed by atoms with Crippen molar-refractivity contribution < 1.29 is 8.42 Å². The molecule has 1 unspecified atom stereocenters. The van der Waals surface area contributed by atoms with E-state index in [-0.39, 0.29) is 10.6 Å². The summed E-state index contributed by atoms with van der Waals surface area (Å²) in [6.07, 6.45) is 2.27. The standard InChI is InChI=1S/C13H22N4O2S/c1-15-20(18,19)13-6-5-10(8-12(13)14)16-11-4-3-7-17(2)9-11/h5-6,8,11,15-16H,3-4,7,9,14H2,1-2H3. The van der Waals surface area contributed by atoms with Crippen LogP contribution in [0.2, 0.25) is 0 Å². The molecule has 0 aliphatic carbocycles. The van der Waals surface area contributed by atoms with Gasteiger partial charge in [-0.05, 0) is 51.7 Å². The first kappa shape index (κ1) is 15.1. The molecule has 1 aliphatic heterocycles. The minimum Gasteiger partial charge on any atom is -0.398 e. The summed E-state index contributed by atoms with van der Waals surface area (Å²) in [6, 6.07) is 5.35. The SMILES string of the molecule is CNS(=O)(=O)c1ccc(NC2CCCN(C)C2)cc1N. The summed E-state index contributed by atoms with van der Waals surface area (Å²) >= 11 is 0. The number of hydrogen-bond acceptors (Lipinski definition) is 5. The highest BCUT2D eigenvalue weighted by Crippen LogP contribution is 2.23. The van der Waals surface area contributed by atoms with Gasteiger partial charge in [0.25, 0.3) is 0 Å². The van der Waals surface area contributed by atoms with Gasteiger partial charge in [-0.15, -0.1) is 0 Å². The van der Waals surface area contributed by atoms with E-state index < -0.39 is 10.0 Å². The van der Waals surface area contributed by atoms with Gasteiger partial charge in [0.15, 0.2) is 0 Å². The largest absolute Gasteiger partial charge is 0.398 e. The molecule has 0 spiro atoms. The summed E-state index contributed by atoms with van der Waals surface area (Å²) in [7, 11) is -0.0227. The van der Waals surface area contributed by atoms with Crippen LogP contribution < -0.4 is 15.8 Å². The van der Waals surface area contributed by atoms with Crippen LogP contribution in [-0.4, -0.2) is 46.5 Å². The molecule has 7 heteroatoms. The molecule has 0 saturated carbocycles. The van der Waals surface area contributed by atoms with Gasteiger partial charge in [-0.1, -0.05) is 0 Å². The Hall–Kier alpha value is -1.31. The van der Waals surface area contributed by atoms with Gasteiger partial charge >= 0.3 is 0 Å². The summed E-state index contributed by atoms with van der Waals surface area (Å²) in [4.78, 5) is 2.40. The number of rotatable bonds is 4. The zero-order valence-corrected chi connectivity index (χ0v) is 12.7. The fraction of sp³-hybridized carbons (Fsp3) is 0.538. The Morgan fingerprint density at radius 2 is 2.15 bits per heavy atom. The molecule has 1 aromatic carbocycles. The van der Waals surface area contributed by atoms with Crippen LogP contribution in [0, 0.1) is 0 Å². The summed E-state index contributed by atoms with van der Waals surface area (Å²) < 4.78 is 25.8. The van der Waals surface area contributed by atoms with Crippen LogP contribution in [0.25, 0.3) is 0 Å². The van der Waals surface area contributed by atoms with Crippen LogP contribution in [-0.2, 0) is 10.0 Å². The Balaban J connectivity index is 2.13. The second-order valence-electron chi connectivity index (χ2n) is 5.21. The molecule has 0 radical (unpaired) electrons. The van der Waals surface area contributed by atoms with E-state index >= 15 is 0 Å². The van der Waals surface area contributed by atoms with Crippen molar-refractivity contribution in [2.75, 3.05) is 38.2 Å². The van der Waals surface area contributed by atoms with Crippen LogP contribution >= 0.6 is 0 Å². The van der Waals surface area contributed by atoms with Gasteiger partial charge in [0.05, 0.1) is 5.69 Å². The molecule has 20 heavy (non-hydrogen) atoms. The summed E-state index contributed by atoms with van der Waals surface area (Å²) in [6.45, 7) is 2.11. The number of likely N-dealkylation sites (N-methyl/N-ethyl adjacent to an activating group) is 1. The van der Waals surface area contributed by atoms with E-state index in [4.69, 9.17) is 5.73 Å². The monoisotopic (exact) mass is 298 g/mol. The highest BCUT2D eigenvalue weighted by atomic mass is 32.2. The van der Waals surface area contributed by atoms with Crippen LogP contribution in [0.5, 0.6) is 0 Å².